The Labute approximate surface area is 141 Å². The summed E-state index contributed by atoms with van der Waals surface area (Å²) in [5.41, 5.74) is 0. The van der Waals surface area contributed by atoms with Gasteiger partial charge in [0.25, 0.3) is 0 Å². The molecule has 0 atom stereocenters. The molecule has 0 spiro atoms. The van der Waals surface area contributed by atoms with E-state index in [0.717, 1.165) is 57.8 Å². The molecule has 0 N–H and O–H groups in total. The maximum absolute atomic E-state index is 9.87. The molecule has 6 nitrogen and oxygen atoms in total. The molecule has 0 unspecified atom stereocenters. The SMILES string of the molecule is O=C([O-])C1CCC1.O=C([O-])C1CCC1.O=C([O-])C1CCC1.[Al+3]. The van der Waals surface area contributed by atoms with Gasteiger partial charge in [0.2, 0.25) is 0 Å². The van der Waals surface area contributed by atoms with Crippen molar-refractivity contribution in [1.29, 1.82) is 0 Å². The van der Waals surface area contributed by atoms with E-state index >= 15 is 0 Å². The van der Waals surface area contributed by atoms with E-state index in [0.29, 0.717) is 0 Å². The first kappa shape index (κ1) is 20.9. The molecule has 0 aromatic carbocycles. The van der Waals surface area contributed by atoms with Crippen molar-refractivity contribution in [2.75, 3.05) is 0 Å². The Morgan fingerprint density at radius 3 is 0.727 bits per heavy atom. The molecule has 0 bridgehead atoms. The van der Waals surface area contributed by atoms with Gasteiger partial charge in [0, 0.05) is 17.9 Å². The maximum Gasteiger partial charge on any atom is 3.00 e. The molecule has 120 valence electrons. The smallest absolute Gasteiger partial charge is 0.550 e. The second kappa shape index (κ2) is 10.6. The van der Waals surface area contributed by atoms with E-state index in [1.807, 2.05) is 0 Å². The molecule has 0 heterocycles. The maximum atomic E-state index is 9.87. The number of rotatable bonds is 3. The third kappa shape index (κ3) is 7.28. The first-order valence-electron chi connectivity index (χ1n) is 7.54. The average Bonchev–Trinajstić information content (AvgIpc) is 2.06. The largest absolute Gasteiger partial charge is 3.00 e. The first-order valence-corrected chi connectivity index (χ1v) is 7.54. The molecule has 7 heteroatoms. The Balaban J connectivity index is 0.000000294. The molecule has 0 saturated heterocycles. The van der Waals surface area contributed by atoms with E-state index in [1.165, 1.54) is 0 Å². The van der Waals surface area contributed by atoms with Crippen molar-refractivity contribution in [2.24, 2.45) is 17.8 Å². The zero-order valence-corrected chi connectivity index (χ0v) is 13.8. The molecule has 3 rings (SSSR count). The number of hydrogen-bond donors (Lipinski definition) is 0. The fourth-order valence-corrected chi connectivity index (χ4v) is 1.93. The van der Waals surface area contributed by atoms with Gasteiger partial charge in [-0.3, -0.25) is 0 Å². The summed E-state index contributed by atoms with van der Waals surface area (Å²) in [6, 6.07) is 0. The second-order valence-corrected chi connectivity index (χ2v) is 5.84. The summed E-state index contributed by atoms with van der Waals surface area (Å²) in [6.07, 6.45) is 8.22. The van der Waals surface area contributed by atoms with Crippen LogP contribution in [-0.4, -0.2) is 35.3 Å². The van der Waals surface area contributed by atoms with Crippen LogP contribution in [0.5, 0.6) is 0 Å². The van der Waals surface area contributed by atoms with Crippen molar-refractivity contribution >= 4 is 35.3 Å². The van der Waals surface area contributed by atoms with E-state index in [1.54, 1.807) is 0 Å². The molecule has 0 aromatic rings. The van der Waals surface area contributed by atoms with E-state index in [-0.39, 0.29) is 35.1 Å². The topological polar surface area (TPSA) is 120 Å². The van der Waals surface area contributed by atoms with Gasteiger partial charge in [-0.1, -0.05) is 19.3 Å². The van der Waals surface area contributed by atoms with Crippen LogP contribution in [0.4, 0.5) is 0 Å². The van der Waals surface area contributed by atoms with Gasteiger partial charge < -0.3 is 29.7 Å². The van der Waals surface area contributed by atoms with E-state index < -0.39 is 17.9 Å². The Bertz CT molecular complexity index is 315. The third-order valence-corrected chi connectivity index (χ3v) is 4.32. The van der Waals surface area contributed by atoms with Crippen LogP contribution in [0, 0.1) is 17.8 Å². The monoisotopic (exact) mass is 324 g/mol. The normalized spacial score (nSPS) is 20.2. The standard InChI is InChI=1S/3C5H8O2.Al/c3*6-5(7)4-2-1-3-4;/h3*4H,1-3H2,(H,6,7);/q;;;+3/p-3. The van der Waals surface area contributed by atoms with Gasteiger partial charge in [0.1, 0.15) is 0 Å². The van der Waals surface area contributed by atoms with Crippen LogP contribution in [0.25, 0.3) is 0 Å². The second-order valence-electron chi connectivity index (χ2n) is 5.84. The summed E-state index contributed by atoms with van der Waals surface area (Å²) in [7, 11) is 0. The summed E-state index contributed by atoms with van der Waals surface area (Å²) in [4.78, 5) is 29.6. The zero-order valence-electron chi connectivity index (χ0n) is 12.6. The van der Waals surface area contributed by atoms with Gasteiger partial charge in [-0.2, -0.15) is 0 Å². The third-order valence-electron chi connectivity index (χ3n) is 4.32. The van der Waals surface area contributed by atoms with Gasteiger partial charge in [0.15, 0.2) is 0 Å². The van der Waals surface area contributed by atoms with Gasteiger partial charge in [-0.05, 0) is 56.3 Å². The zero-order chi connectivity index (χ0) is 15.8. The Hall–Kier alpha value is -1.06. The number of carboxylic acid groups (broad SMARTS) is 3. The number of aliphatic carboxylic acids is 3. The Kier molecular flexibility index (Phi) is 10.1. The van der Waals surface area contributed by atoms with Crippen molar-refractivity contribution in [2.45, 2.75) is 57.8 Å². The number of carbonyl (C=O) groups is 3. The van der Waals surface area contributed by atoms with E-state index in [9.17, 15) is 29.7 Å². The van der Waals surface area contributed by atoms with Crippen LogP contribution in [0.1, 0.15) is 57.8 Å². The minimum Gasteiger partial charge on any atom is -0.550 e. The molecule has 3 fully saturated rings. The van der Waals surface area contributed by atoms with Crippen LogP contribution < -0.4 is 15.3 Å². The van der Waals surface area contributed by atoms with Crippen LogP contribution in [-0.2, 0) is 14.4 Å². The van der Waals surface area contributed by atoms with Crippen LogP contribution in [0.3, 0.4) is 0 Å². The van der Waals surface area contributed by atoms with Crippen molar-refractivity contribution in [1.82, 2.24) is 0 Å². The molecule has 3 aliphatic rings. The quantitative estimate of drug-likeness (QED) is 0.566. The minimum absolute atomic E-state index is 0. The van der Waals surface area contributed by atoms with Gasteiger partial charge in [-0.15, -0.1) is 0 Å². The van der Waals surface area contributed by atoms with Crippen molar-refractivity contribution in [3.63, 3.8) is 0 Å². The number of carbonyl (C=O) groups excluding carboxylic acids is 3. The van der Waals surface area contributed by atoms with Crippen LogP contribution in [0.2, 0.25) is 0 Å². The summed E-state index contributed by atoms with van der Waals surface area (Å²) >= 11 is 0. The van der Waals surface area contributed by atoms with Gasteiger partial charge in [0.05, 0.1) is 0 Å². The summed E-state index contributed by atoms with van der Waals surface area (Å²) in [5, 5.41) is 29.6. The number of carboxylic acids is 3. The minimum atomic E-state index is -0.869. The molecule has 0 amide bonds. The van der Waals surface area contributed by atoms with Gasteiger partial charge in [-0.25, -0.2) is 0 Å². The average molecular weight is 324 g/mol. The Morgan fingerprint density at radius 2 is 0.727 bits per heavy atom. The molecule has 0 radical (unpaired) electrons. The number of hydrogen-bond acceptors (Lipinski definition) is 6. The first-order chi connectivity index (χ1) is 9.91. The van der Waals surface area contributed by atoms with Crippen molar-refractivity contribution in [3.05, 3.63) is 0 Å². The van der Waals surface area contributed by atoms with Crippen LogP contribution >= 0.6 is 0 Å². The van der Waals surface area contributed by atoms with E-state index in [2.05, 4.69) is 0 Å². The van der Waals surface area contributed by atoms with Gasteiger partial charge >= 0.3 is 17.4 Å². The Morgan fingerprint density at radius 1 is 0.545 bits per heavy atom. The summed E-state index contributed by atoms with van der Waals surface area (Å²) in [6.45, 7) is 0. The molecule has 0 aromatic heterocycles. The predicted molar refractivity (Wildman–Crippen MR) is 72.8 cm³/mol. The fraction of sp³-hybridized carbons (Fsp3) is 0.800. The van der Waals surface area contributed by atoms with Crippen LogP contribution in [0.15, 0.2) is 0 Å². The molecule has 22 heavy (non-hydrogen) atoms. The predicted octanol–water partition coefficient (Wildman–Crippen LogP) is -1.77. The molecular weight excluding hydrogens is 303 g/mol. The summed E-state index contributed by atoms with van der Waals surface area (Å²) < 4.78 is 0. The molecule has 0 aliphatic heterocycles. The summed E-state index contributed by atoms with van der Waals surface area (Å²) in [5.74, 6) is -2.94. The van der Waals surface area contributed by atoms with Crippen molar-refractivity contribution in [3.8, 4) is 0 Å². The van der Waals surface area contributed by atoms with Crippen molar-refractivity contribution < 1.29 is 29.7 Å². The molecule has 3 saturated carbocycles. The fourth-order valence-electron chi connectivity index (χ4n) is 1.93. The van der Waals surface area contributed by atoms with E-state index in [4.69, 9.17) is 0 Å². The molecule has 3 aliphatic carbocycles. The molecular formula is C15H21AlO6.